The van der Waals surface area contributed by atoms with Gasteiger partial charge in [0, 0.05) is 0 Å². The SMILES string of the molecule is Fc1ccccc1[P-]c1ccccc1F.[Br-].[Cl-].[Li+].[Mg+2]. The molecule has 0 unspecified atom stereocenters. The van der Waals surface area contributed by atoms with Crippen LogP contribution in [0.2, 0.25) is 0 Å². The standard InChI is InChI=1S/C12H8F2P.BrH.ClH.Li.Mg/c13-9-5-1-3-7-11(9)15-12-8-4-2-6-10(12)14;;;;/h1-8H;2*1H;;/q-1;;;+1;+2/p-2. The summed E-state index contributed by atoms with van der Waals surface area (Å²) in [5, 5.41) is 0.977. The minimum Gasteiger partial charge on any atom is -1.00 e. The monoisotopic (exact) mass is 366 g/mol. The van der Waals surface area contributed by atoms with Crippen LogP contribution in [0.3, 0.4) is 0 Å². The van der Waals surface area contributed by atoms with Crippen LogP contribution in [0.4, 0.5) is 8.78 Å². The van der Waals surface area contributed by atoms with Crippen LogP contribution in [-0.2, 0) is 0 Å². The van der Waals surface area contributed by atoms with Crippen LogP contribution in [0.25, 0.3) is 0 Å². The van der Waals surface area contributed by atoms with E-state index in [1.807, 2.05) is 0 Å². The number of benzene rings is 2. The Labute approximate surface area is 158 Å². The minimum atomic E-state index is -0.303. The minimum absolute atomic E-state index is 0. The van der Waals surface area contributed by atoms with Gasteiger partial charge >= 0.3 is 41.9 Å². The molecule has 0 aliphatic carbocycles. The van der Waals surface area contributed by atoms with Crippen molar-refractivity contribution in [2.24, 2.45) is 0 Å². The third-order valence-corrected chi connectivity index (χ3v) is 3.15. The molecular weight excluding hydrogens is 360 g/mol. The second kappa shape index (κ2) is 12.6. The van der Waals surface area contributed by atoms with Crippen molar-refractivity contribution in [1.82, 2.24) is 0 Å². The first-order valence-corrected chi connectivity index (χ1v) is 5.37. The zero-order chi connectivity index (χ0) is 10.7. The van der Waals surface area contributed by atoms with Gasteiger partial charge in [0.25, 0.3) is 0 Å². The summed E-state index contributed by atoms with van der Waals surface area (Å²) < 4.78 is 26.6. The molecule has 0 radical (unpaired) electrons. The zero-order valence-electron chi connectivity index (χ0n) is 10.3. The van der Waals surface area contributed by atoms with E-state index in [2.05, 4.69) is 0 Å². The summed E-state index contributed by atoms with van der Waals surface area (Å²) >= 11 is 0. The van der Waals surface area contributed by atoms with Crippen molar-refractivity contribution in [3.05, 3.63) is 60.2 Å². The summed E-state index contributed by atoms with van der Waals surface area (Å²) in [6.07, 6.45) is 0. The van der Waals surface area contributed by atoms with Gasteiger partial charge < -0.3 is 38.0 Å². The Balaban J connectivity index is -0.000000640. The molecule has 0 N–H and O–H groups in total. The molecule has 2 aromatic rings. The molecule has 0 bridgehead atoms. The van der Waals surface area contributed by atoms with Crippen molar-refractivity contribution in [3.8, 4) is 0 Å². The van der Waals surface area contributed by atoms with Crippen molar-refractivity contribution >= 4 is 42.2 Å². The molecule has 19 heavy (non-hydrogen) atoms. The molecule has 0 amide bonds. The molecule has 7 heteroatoms. The molecule has 0 aliphatic heterocycles. The van der Waals surface area contributed by atoms with Gasteiger partial charge in [0.05, 0.1) is 11.6 Å². The normalized spacial score (nSPS) is 8.11. The van der Waals surface area contributed by atoms with Crippen LogP contribution < -0.4 is 58.9 Å². The second-order valence-corrected chi connectivity index (χ2v) is 4.20. The fourth-order valence-electron chi connectivity index (χ4n) is 1.21. The first kappa shape index (κ1) is 24.9. The third-order valence-electron chi connectivity index (χ3n) is 1.95. The number of halogens is 4. The van der Waals surface area contributed by atoms with E-state index >= 15 is 0 Å². The van der Waals surface area contributed by atoms with Gasteiger partial charge in [-0.3, -0.25) is 0 Å². The summed E-state index contributed by atoms with van der Waals surface area (Å²) in [4.78, 5) is 0. The van der Waals surface area contributed by atoms with Gasteiger partial charge in [0.2, 0.25) is 0 Å². The molecule has 0 nitrogen and oxygen atoms in total. The molecule has 0 aliphatic rings. The Morgan fingerprint density at radius 3 is 1.37 bits per heavy atom. The summed E-state index contributed by atoms with van der Waals surface area (Å²) in [6.45, 7) is 0. The zero-order valence-corrected chi connectivity index (χ0v) is 14.9. The largest absolute Gasteiger partial charge is 2.00 e. The van der Waals surface area contributed by atoms with Gasteiger partial charge in [-0.1, -0.05) is 36.4 Å². The van der Waals surface area contributed by atoms with Crippen LogP contribution in [0.1, 0.15) is 0 Å². The molecule has 0 saturated carbocycles. The molecule has 0 spiro atoms. The molecule has 92 valence electrons. The maximum absolute atomic E-state index is 13.3. The summed E-state index contributed by atoms with van der Waals surface area (Å²) in [6, 6.07) is 12.8. The van der Waals surface area contributed by atoms with E-state index in [-0.39, 0.29) is 82.9 Å². The average molecular weight is 368 g/mol. The van der Waals surface area contributed by atoms with Gasteiger partial charge in [0.15, 0.2) is 0 Å². The average Bonchev–Trinajstić information content (AvgIpc) is 2.24. The quantitative estimate of drug-likeness (QED) is 0.366. The topological polar surface area (TPSA) is 0 Å². The first-order chi connectivity index (χ1) is 7.27. The van der Waals surface area contributed by atoms with Crippen LogP contribution in [-0.4, -0.2) is 23.1 Å². The Morgan fingerprint density at radius 2 is 1.05 bits per heavy atom. The van der Waals surface area contributed by atoms with E-state index in [1.54, 1.807) is 36.4 Å². The number of hydrogen-bond acceptors (Lipinski definition) is 0. The molecule has 0 fully saturated rings. The molecule has 0 aromatic heterocycles. The van der Waals surface area contributed by atoms with Gasteiger partial charge in [-0.15, -0.1) is 0 Å². The molecular formula is C12H8BrClF2LiMgP. The summed E-state index contributed by atoms with van der Waals surface area (Å²) in [5.41, 5.74) is 0. The maximum atomic E-state index is 13.3. The van der Waals surface area contributed by atoms with Crippen molar-refractivity contribution in [2.45, 2.75) is 0 Å². The molecule has 2 rings (SSSR count). The molecule has 0 saturated heterocycles. The van der Waals surface area contributed by atoms with Gasteiger partial charge in [-0.2, -0.15) is 10.6 Å². The van der Waals surface area contributed by atoms with Crippen LogP contribution in [0.5, 0.6) is 0 Å². The molecule has 2 aromatic carbocycles. The Hall–Kier alpha value is 0.864. The van der Waals surface area contributed by atoms with E-state index in [9.17, 15) is 8.78 Å². The molecule has 0 atom stereocenters. The first-order valence-electron chi connectivity index (χ1n) is 4.48. The fraction of sp³-hybridized carbons (Fsp3) is 0. The smallest absolute Gasteiger partial charge is 1.00 e. The van der Waals surface area contributed by atoms with Crippen LogP contribution in [0.15, 0.2) is 48.5 Å². The van der Waals surface area contributed by atoms with E-state index in [1.165, 1.54) is 12.1 Å². The Kier molecular flexibility index (Phi) is 16.5. The van der Waals surface area contributed by atoms with Gasteiger partial charge in [0.1, 0.15) is 0 Å². The van der Waals surface area contributed by atoms with E-state index in [0.717, 1.165) is 0 Å². The van der Waals surface area contributed by atoms with E-state index < -0.39 is 0 Å². The summed E-state index contributed by atoms with van der Waals surface area (Å²) in [7, 11) is 0.558. The van der Waals surface area contributed by atoms with Crippen LogP contribution in [0, 0.1) is 11.6 Å². The second-order valence-electron chi connectivity index (χ2n) is 3.01. The fourth-order valence-corrected chi connectivity index (χ4v) is 2.16. The molecule has 0 heterocycles. The third kappa shape index (κ3) is 7.43. The maximum Gasteiger partial charge on any atom is 2.00 e. The van der Waals surface area contributed by atoms with Gasteiger partial charge in [-0.05, 0) is 12.1 Å². The van der Waals surface area contributed by atoms with Crippen molar-refractivity contribution in [3.63, 3.8) is 0 Å². The van der Waals surface area contributed by atoms with Crippen molar-refractivity contribution in [1.29, 1.82) is 0 Å². The predicted molar refractivity (Wildman–Crippen MR) is 64.7 cm³/mol. The van der Waals surface area contributed by atoms with Crippen molar-refractivity contribution < 1.29 is 57.0 Å². The van der Waals surface area contributed by atoms with E-state index in [4.69, 9.17) is 0 Å². The van der Waals surface area contributed by atoms with Crippen molar-refractivity contribution in [2.75, 3.05) is 0 Å². The van der Waals surface area contributed by atoms with Gasteiger partial charge in [-0.25, -0.2) is 8.78 Å². The van der Waals surface area contributed by atoms with Crippen LogP contribution >= 0.6 is 8.58 Å². The predicted octanol–water partition coefficient (Wildman–Crippen LogP) is -6.51. The number of rotatable bonds is 2. The Morgan fingerprint density at radius 1 is 0.737 bits per heavy atom. The summed E-state index contributed by atoms with van der Waals surface area (Å²) in [5.74, 6) is -0.607. The number of hydrogen-bond donors (Lipinski definition) is 0. The Bertz CT molecular complexity index is 447. The van der Waals surface area contributed by atoms with E-state index in [0.29, 0.717) is 19.2 Å².